The summed E-state index contributed by atoms with van der Waals surface area (Å²) in [6.07, 6.45) is 9.99. The van der Waals surface area contributed by atoms with E-state index >= 15 is 0 Å². The number of aliphatic hydroxyl groups excluding tert-OH is 2. The number of hydrogen-bond acceptors (Lipinski definition) is 7. The minimum atomic E-state index is -0.585. The van der Waals surface area contributed by atoms with Gasteiger partial charge in [0.05, 0.1) is 39.5 Å². The summed E-state index contributed by atoms with van der Waals surface area (Å²) in [7, 11) is 2.57. The first kappa shape index (κ1) is 29.3. The van der Waals surface area contributed by atoms with Crippen molar-refractivity contribution in [3.8, 4) is 0 Å². The van der Waals surface area contributed by atoms with Crippen molar-refractivity contribution < 1.29 is 29.3 Å². The molecular formula is C22H40N2O6S. The van der Waals surface area contributed by atoms with Gasteiger partial charge in [-0.05, 0) is 22.7 Å². The number of amides is 2. The zero-order valence-corrected chi connectivity index (χ0v) is 20.1. The fourth-order valence-corrected chi connectivity index (χ4v) is 4.00. The Morgan fingerprint density at radius 3 is 1.52 bits per heavy atom. The van der Waals surface area contributed by atoms with Gasteiger partial charge in [-0.2, -0.15) is 0 Å². The lowest BCUT2D eigenvalue weighted by molar-refractivity contribution is 0.157. The zero-order chi connectivity index (χ0) is 23.5. The quantitative estimate of drug-likeness (QED) is 0.256. The van der Waals surface area contributed by atoms with Crippen LogP contribution in [-0.2, 0) is 9.47 Å². The summed E-state index contributed by atoms with van der Waals surface area (Å²) in [6.45, 7) is 3.82. The molecule has 0 spiro atoms. The predicted octanol–water partition coefficient (Wildman–Crippen LogP) is 4.08. The molecule has 0 aromatic carbocycles. The number of allylic oxidation sites excluding steroid dienone is 2. The van der Waals surface area contributed by atoms with Gasteiger partial charge in [-0.15, -0.1) is 0 Å². The molecular weight excluding hydrogens is 420 g/mol. The van der Waals surface area contributed by atoms with E-state index in [0.29, 0.717) is 12.8 Å². The van der Waals surface area contributed by atoms with Crippen LogP contribution in [0.5, 0.6) is 0 Å². The SMILES string of the molecule is CCCCC=C(CC(CO)NC(=O)OC)SC(=CCCCC)CC(CO)NC(=O)OC. The maximum Gasteiger partial charge on any atom is 0.407 e. The highest BCUT2D eigenvalue weighted by Crippen LogP contribution is 2.33. The van der Waals surface area contributed by atoms with E-state index in [2.05, 4.69) is 46.1 Å². The van der Waals surface area contributed by atoms with Crippen LogP contribution in [0.15, 0.2) is 22.0 Å². The van der Waals surface area contributed by atoms with E-state index in [4.69, 9.17) is 0 Å². The summed E-state index contributed by atoms with van der Waals surface area (Å²) >= 11 is 1.56. The van der Waals surface area contributed by atoms with Gasteiger partial charge in [0.25, 0.3) is 0 Å². The van der Waals surface area contributed by atoms with Gasteiger partial charge in [0.2, 0.25) is 0 Å². The Morgan fingerprint density at radius 1 is 0.839 bits per heavy atom. The molecule has 9 heteroatoms. The van der Waals surface area contributed by atoms with Gasteiger partial charge in [-0.1, -0.05) is 63.4 Å². The minimum Gasteiger partial charge on any atom is -0.453 e. The maximum atomic E-state index is 11.6. The van der Waals surface area contributed by atoms with Gasteiger partial charge in [-0.25, -0.2) is 9.59 Å². The number of methoxy groups -OCH3 is 2. The molecule has 0 aromatic rings. The van der Waals surface area contributed by atoms with Crippen LogP contribution in [0, 0.1) is 0 Å². The van der Waals surface area contributed by atoms with Crippen LogP contribution in [0.2, 0.25) is 0 Å². The third kappa shape index (κ3) is 14.8. The Bertz CT molecular complexity index is 520. The van der Waals surface area contributed by atoms with E-state index in [0.717, 1.165) is 48.3 Å². The van der Waals surface area contributed by atoms with Crippen molar-refractivity contribution in [3.05, 3.63) is 22.0 Å². The fourth-order valence-electron chi connectivity index (χ4n) is 2.70. The molecule has 0 aliphatic carbocycles. The molecule has 0 saturated heterocycles. The van der Waals surface area contributed by atoms with E-state index in [1.54, 1.807) is 11.8 Å². The number of unbranched alkanes of at least 4 members (excludes halogenated alkanes) is 4. The number of aliphatic hydroxyl groups is 2. The first-order valence-corrected chi connectivity index (χ1v) is 11.7. The van der Waals surface area contributed by atoms with Crippen molar-refractivity contribution in [2.24, 2.45) is 0 Å². The molecule has 2 amide bonds. The normalized spacial score (nSPS) is 14.0. The number of thioether (sulfide) groups is 1. The van der Waals surface area contributed by atoms with Crippen molar-refractivity contribution in [2.75, 3.05) is 27.4 Å². The Hall–Kier alpha value is -1.71. The van der Waals surface area contributed by atoms with Crippen LogP contribution in [0.4, 0.5) is 9.59 Å². The van der Waals surface area contributed by atoms with E-state index in [1.807, 2.05) is 0 Å². The molecule has 180 valence electrons. The molecule has 0 aliphatic heterocycles. The molecule has 31 heavy (non-hydrogen) atoms. The van der Waals surface area contributed by atoms with E-state index in [1.165, 1.54) is 14.2 Å². The Labute approximate surface area is 190 Å². The van der Waals surface area contributed by atoms with Gasteiger partial charge in [0, 0.05) is 12.8 Å². The second-order valence-corrected chi connectivity index (χ2v) is 8.42. The van der Waals surface area contributed by atoms with E-state index < -0.39 is 24.3 Å². The summed E-state index contributed by atoms with van der Waals surface area (Å²) in [5.41, 5.74) is 0. The largest absolute Gasteiger partial charge is 0.453 e. The van der Waals surface area contributed by atoms with Crippen LogP contribution in [0.25, 0.3) is 0 Å². The van der Waals surface area contributed by atoms with Crippen LogP contribution in [0.1, 0.15) is 65.2 Å². The molecule has 2 atom stereocenters. The predicted molar refractivity (Wildman–Crippen MR) is 125 cm³/mol. The highest BCUT2D eigenvalue weighted by atomic mass is 32.2. The lowest BCUT2D eigenvalue weighted by atomic mass is 10.1. The van der Waals surface area contributed by atoms with Crippen molar-refractivity contribution in [1.82, 2.24) is 10.6 Å². The number of rotatable bonds is 16. The standard InChI is InChI=1S/C22H40N2O6S/c1-5-7-9-11-19(13-17(15-25)23-21(27)29-3)31-20(12-10-8-6-2)14-18(16-26)24-22(28)30-4/h11-12,17-18,25-26H,5-10,13-16H2,1-4H3,(H,23,27)(H,24,28). The van der Waals surface area contributed by atoms with E-state index in [9.17, 15) is 19.8 Å². The van der Waals surface area contributed by atoms with Gasteiger partial charge in [0.15, 0.2) is 0 Å². The molecule has 0 aliphatic rings. The number of carbonyl (C=O) groups excluding carboxylic acids is 2. The molecule has 0 saturated carbocycles. The van der Waals surface area contributed by atoms with Crippen LogP contribution in [-0.4, -0.2) is 61.9 Å². The molecule has 8 nitrogen and oxygen atoms in total. The smallest absolute Gasteiger partial charge is 0.407 e. The van der Waals surface area contributed by atoms with Crippen LogP contribution < -0.4 is 10.6 Å². The number of ether oxygens (including phenoxy) is 2. The maximum absolute atomic E-state index is 11.6. The zero-order valence-electron chi connectivity index (χ0n) is 19.3. The minimum absolute atomic E-state index is 0.210. The topological polar surface area (TPSA) is 117 Å². The average Bonchev–Trinajstić information content (AvgIpc) is 2.77. The Balaban J connectivity index is 5.48. The lowest BCUT2D eigenvalue weighted by Gasteiger charge is -2.21. The molecule has 0 rings (SSSR count). The van der Waals surface area contributed by atoms with Crippen molar-refractivity contribution >= 4 is 23.9 Å². The highest BCUT2D eigenvalue weighted by molar-refractivity contribution is 8.06. The molecule has 0 radical (unpaired) electrons. The van der Waals surface area contributed by atoms with Gasteiger partial charge < -0.3 is 30.3 Å². The molecule has 0 bridgehead atoms. The van der Waals surface area contributed by atoms with Crippen LogP contribution >= 0.6 is 11.8 Å². The molecule has 2 unspecified atom stereocenters. The third-order valence-corrected chi connectivity index (χ3v) is 5.66. The van der Waals surface area contributed by atoms with Crippen molar-refractivity contribution in [1.29, 1.82) is 0 Å². The van der Waals surface area contributed by atoms with Crippen molar-refractivity contribution in [2.45, 2.75) is 77.3 Å². The average molecular weight is 461 g/mol. The Kier molecular flexibility index (Phi) is 18.0. The lowest BCUT2D eigenvalue weighted by Crippen LogP contribution is -2.38. The summed E-state index contributed by atoms with van der Waals surface area (Å²) in [6, 6.07) is -0.932. The van der Waals surface area contributed by atoms with E-state index in [-0.39, 0.29) is 13.2 Å². The first-order chi connectivity index (χ1) is 14.9. The Morgan fingerprint density at radius 2 is 1.23 bits per heavy atom. The van der Waals surface area contributed by atoms with Gasteiger partial charge in [-0.3, -0.25) is 0 Å². The van der Waals surface area contributed by atoms with Gasteiger partial charge >= 0.3 is 12.2 Å². The summed E-state index contributed by atoms with van der Waals surface area (Å²) < 4.78 is 9.29. The summed E-state index contributed by atoms with van der Waals surface area (Å²) in [5, 5.41) is 24.7. The number of nitrogens with one attached hydrogen (secondary N) is 2. The summed E-state index contributed by atoms with van der Waals surface area (Å²) in [5.74, 6) is 0. The molecule has 0 fully saturated rings. The summed E-state index contributed by atoms with van der Waals surface area (Å²) in [4.78, 5) is 25.2. The number of hydrogen-bond donors (Lipinski definition) is 4. The van der Waals surface area contributed by atoms with Crippen LogP contribution in [0.3, 0.4) is 0 Å². The monoisotopic (exact) mass is 460 g/mol. The first-order valence-electron chi connectivity index (χ1n) is 10.9. The number of carbonyl (C=O) groups is 2. The third-order valence-electron chi connectivity index (χ3n) is 4.47. The fraction of sp³-hybridized carbons (Fsp3) is 0.727. The number of alkyl carbamates (subject to hydrolysis) is 2. The second-order valence-electron chi connectivity index (χ2n) is 7.17. The molecule has 0 heterocycles. The second kappa shape index (κ2) is 19.0. The molecule has 4 N–H and O–H groups in total. The van der Waals surface area contributed by atoms with Crippen molar-refractivity contribution in [3.63, 3.8) is 0 Å². The highest BCUT2D eigenvalue weighted by Gasteiger charge is 2.18. The molecule has 0 aromatic heterocycles. The van der Waals surface area contributed by atoms with Gasteiger partial charge in [0.1, 0.15) is 0 Å².